The first kappa shape index (κ1) is 12.2. The van der Waals surface area contributed by atoms with Gasteiger partial charge in [-0.2, -0.15) is 0 Å². The lowest BCUT2D eigenvalue weighted by molar-refractivity contribution is -0.148. The van der Waals surface area contributed by atoms with E-state index in [1.54, 1.807) is 0 Å². The second-order valence-corrected chi connectivity index (χ2v) is 5.63. The summed E-state index contributed by atoms with van der Waals surface area (Å²) in [6, 6.07) is 0. The Morgan fingerprint density at radius 2 is 2.06 bits per heavy atom. The van der Waals surface area contributed by atoms with Gasteiger partial charge in [-0.15, -0.1) is 0 Å². The third-order valence-electron chi connectivity index (χ3n) is 4.32. The second kappa shape index (κ2) is 5.00. The molecule has 1 saturated carbocycles. The van der Waals surface area contributed by atoms with Gasteiger partial charge in [0.1, 0.15) is 0 Å². The van der Waals surface area contributed by atoms with Crippen molar-refractivity contribution in [2.75, 3.05) is 13.2 Å². The molecule has 0 aromatic heterocycles. The molecule has 4 heteroatoms. The van der Waals surface area contributed by atoms with Crippen LogP contribution in [0.5, 0.6) is 0 Å². The van der Waals surface area contributed by atoms with Crippen molar-refractivity contribution in [3.8, 4) is 0 Å². The molecule has 4 nitrogen and oxygen atoms in total. The maximum absolute atomic E-state index is 11.6. The zero-order valence-electron chi connectivity index (χ0n) is 10.8. The Balaban J connectivity index is 1.71. The van der Waals surface area contributed by atoms with Gasteiger partial charge in [0.05, 0.1) is 24.8 Å². The smallest absolute Gasteiger partial charge is 0.312 e. The zero-order valence-corrected chi connectivity index (χ0v) is 10.8. The summed E-state index contributed by atoms with van der Waals surface area (Å²) in [5.74, 6) is -0.0945. The Morgan fingerprint density at radius 3 is 2.78 bits per heavy atom. The highest BCUT2D eigenvalue weighted by molar-refractivity contribution is 6.09. The summed E-state index contributed by atoms with van der Waals surface area (Å²) in [7, 11) is 0. The van der Waals surface area contributed by atoms with E-state index in [1.165, 1.54) is 6.42 Å². The molecule has 3 rings (SSSR count). The van der Waals surface area contributed by atoms with Gasteiger partial charge in [-0.05, 0) is 38.5 Å². The quantitative estimate of drug-likeness (QED) is 0.707. The Bertz CT molecular complexity index is 352. The molecule has 100 valence electrons. The van der Waals surface area contributed by atoms with E-state index < -0.39 is 0 Å². The normalized spacial score (nSPS) is 33.2. The van der Waals surface area contributed by atoms with Crippen molar-refractivity contribution in [2.24, 2.45) is 4.99 Å². The van der Waals surface area contributed by atoms with Crippen LogP contribution in [-0.4, -0.2) is 36.5 Å². The summed E-state index contributed by atoms with van der Waals surface area (Å²) < 4.78 is 11.2. The zero-order chi connectivity index (χ0) is 12.4. The van der Waals surface area contributed by atoms with Gasteiger partial charge in [-0.1, -0.05) is 6.42 Å². The van der Waals surface area contributed by atoms with E-state index >= 15 is 0 Å². The fourth-order valence-electron chi connectivity index (χ4n) is 3.32. The lowest BCUT2D eigenvalue weighted by Crippen LogP contribution is -2.38. The third-order valence-corrected chi connectivity index (χ3v) is 4.32. The van der Waals surface area contributed by atoms with Crippen LogP contribution in [0.1, 0.15) is 51.4 Å². The summed E-state index contributed by atoms with van der Waals surface area (Å²) in [6.45, 7) is 1.56. The van der Waals surface area contributed by atoms with Crippen LogP contribution in [0.4, 0.5) is 0 Å². The van der Waals surface area contributed by atoms with Gasteiger partial charge >= 0.3 is 5.97 Å². The molecule has 3 aliphatic rings. The lowest BCUT2D eigenvalue weighted by atomic mass is 9.81. The van der Waals surface area contributed by atoms with Crippen molar-refractivity contribution in [3.63, 3.8) is 0 Å². The number of carbonyl (C=O) groups excluding carboxylic acids is 1. The Morgan fingerprint density at radius 1 is 1.22 bits per heavy atom. The van der Waals surface area contributed by atoms with Crippen molar-refractivity contribution in [2.45, 2.75) is 63.1 Å². The van der Waals surface area contributed by atoms with Crippen molar-refractivity contribution in [1.82, 2.24) is 0 Å². The number of aliphatic imine (C=N–C) groups is 1. The van der Waals surface area contributed by atoms with E-state index in [9.17, 15) is 4.79 Å². The summed E-state index contributed by atoms with van der Waals surface area (Å²) in [4.78, 5) is 16.3. The number of hydrogen-bond donors (Lipinski definition) is 0. The van der Waals surface area contributed by atoms with Crippen molar-refractivity contribution < 1.29 is 14.3 Å². The molecule has 2 heterocycles. The molecule has 1 unspecified atom stereocenters. The lowest BCUT2D eigenvalue weighted by Gasteiger charge is -2.32. The minimum atomic E-state index is -0.339. The molecule has 0 aromatic rings. The summed E-state index contributed by atoms with van der Waals surface area (Å²) in [6.07, 6.45) is 8.35. The molecular formula is C14H21NO3. The van der Waals surface area contributed by atoms with Crippen LogP contribution in [-0.2, 0) is 14.3 Å². The molecule has 3 fully saturated rings. The molecule has 2 aliphatic heterocycles. The van der Waals surface area contributed by atoms with Gasteiger partial charge in [-0.3, -0.25) is 9.79 Å². The molecule has 1 aliphatic carbocycles. The first-order valence-corrected chi connectivity index (χ1v) is 7.16. The standard InChI is InChI=1S/C14H21NO3/c16-13-9-12(15-10-11-5-4-8-17-11)14(18-13)6-2-1-3-7-14/h11H,1-10H2. The van der Waals surface area contributed by atoms with Crippen LogP contribution in [0.2, 0.25) is 0 Å². The molecule has 0 amide bonds. The van der Waals surface area contributed by atoms with Gasteiger partial charge in [0.2, 0.25) is 0 Å². The fraction of sp³-hybridized carbons (Fsp3) is 0.857. The molecule has 0 radical (unpaired) electrons. The monoisotopic (exact) mass is 251 g/mol. The minimum absolute atomic E-state index is 0.0945. The van der Waals surface area contributed by atoms with Gasteiger partial charge in [-0.25, -0.2) is 0 Å². The molecule has 1 spiro atoms. The number of ether oxygens (including phenoxy) is 2. The molecule has 18 heavy (non-hydrogen) atoms. The predicted molar refractivity (Wildman–Crippen MR) is 67.8 cm³/mol. The summed E-state index contributed by atoms with van der Waals surface area (Å²) in [5, 5.41) is 0. The van der Waals surface area contributed by atoms with Crippen LogP contribution in [0.3, 0.4) is 0 Å². The van der Waals surface area contributed by atoms with E-state index in [0.717, 1.165) is 50.8 Å². The van der Waals surface area contributed by atoms with Crippen molar-refractivity contribution in [3.05, 3.63) is 0 Å². The van der Waals surface area contributed by atoms with Crippen LogP contribution in [0.15, 0.2) is 4.99 Å². The number of rotatable bonds is 2. The highest BCUT2D eigenvalue weighted by Gasteiger charge is 2.46. The van der Waals surface area contributed by atoms with Crippen LogP contribution < -0.4 is 0 Å². The number of esters is 1. The van der Waals surface area contributed by atoms with Crippen LogP contribution >= 0.6 is 0 Å². The Kier molecular flexibility index (Phi) is 3.37. The molecule has 2 saturated heterocycles. The van der Waals surface area contributed by atoms with Gasteiger partial charge in [0.15, 0.2) is 5.60 Å². The third kappa shape index (κ3) is 2.30. The van der Waals surface area contributed by atoms with Gasteiger partial charge < -0.3 is 9.47 Å². The molecule has 0 aromatic carbocycles. The molecular weight excluding hydrogens is 230 g/mol. The topological polar surface area (TPSA) is 47.9 Å². The first-order chi connectivity index (χ1) is 8.78. The number of nitrogens with zero attached hydrogens (tertiary/aromatic N) is 1. The average Bonchev–Trinajstić information content (AvgIpc) is 2.97. The predicted octanol–water partition coefficient (Wildman–Crippen LogP) is 2.26. The van der Waals surface area contributed by atoms with Crippen molar-refractivity contribution >= 4 is 11.7 Å². The molecule has 0 bridgehead atoms. The number of carbonyl (C=O) groups is 1. The fourth-order valence-corrected chi connectivity index (χ4v) is 3.32. The van der Waals surface area contributed by atoms with Gasteiger partial charge in [0, 0.05) is 6.61 Å². The van der Waals surface area contributed by atoms with E-state index in [0.29, 0.717) is 13.0 Å². The van der Waals surface area contributed by atoms with E-state index in [-0.39, 0.29) is 17.7 Å². The SMILES string of the molecule is O=C1CC(=NCC2CCCO2)C2(CCCCC2)O1. The summed E-state index contributed by atoms with van der Waals surface area (Å²) in [5.41, 5.74) is 0.649. The van der Waals surface area contributed by atoms with E-state index in [1.807, 2.05) is 0 Å². The minimum Gasteiger partial charge on any atom is -0.453 e. The molecule has 0 N–H and O–H groups in total. The highest BCUT2D eigenvalue weighted by atomic mass is 16.6. The average molecular weight is 251 g/mol. The molecule has 1 atom stereocenters. The highest BCUT2D eigenvalue weighted by Crippen LogP contribution is 2.38. The van der Waals surface area contributed by atoms with Crippen LogP contribution in [0, 0.1) is 0 Å². The maximum atomic E-state index is 11.6. The van der Waals surface area contributed by atoms with Crippen LogP contribution in [0.25, 0.3) is 0 Å². The Labute approximate surface area is 108 Å². The number of hydrogen-bond acceptors (Lipinski definition) is 4. The van der Waals surface area contributed by atoms with E-state index in [4.69, 9.17) is 9.47 Å². The Hall–Kier alpha value is -0.900. The maximum Gasteiger partial charge on any atom is 0.312 e. The first-order valence-electron chi connectivity index (χ1n) is 7.16. The van der Waals surface area contributed by atoms with E-state index in [2.05, 4.69) is 4.99 Å². The van der Waals surface area contributed by atoms with Gasteiger partial charge in [0.25, 0.3) is 0 Å². The summed E-state index contributed by atoms with van der Waals surface area (Å²) >= 11 is 0. The van der Waals surface area contributed by atoms with Crippen molar-refractivity contribution in [1.29, 1.82) is 0 Å². The second-order valence-electron chi connectivity index (χ2n) is 5.63. The largest absolute Gasteiger partial charge is 0.453 e.